The van der Waals surface area contributed by atoms with Gasteiger partial charge in [0.25, 0.3) is 0 Å². The molecule has 1 aromatic carbocycles. The Hall–Kier alpha value is -1.92. The normalized spacial score (nSPS) is 16.5. The van der Waals surface area contributed by atoms with Crippen molar-refractivity contribution in [3.63, 3.8) is 0 Å². The van der Waals surface area contributed by atoms with Crippen molar-refractivity contribution in [2.24, 2.45) is 0 Å². The predicted molar refractivity (Wildman–Crippen MR) is 135 cm³/mol. The second-order valence-corrected chi connectivity index (χ2v) is 9.73. The molecule has 1 aliphatic carbocycles. The molecule has 0 unspecified atom stereocenters. The Morgan fingerprint density at radius 3 is 2.13 bits per heavy atom. The molecule has 1 aliphatic rings. The fourth-order valence-corrected chi connectivity index (χ4v) is 5.51. The third-order valence-electron chi connectivity index (χ3n) is 5.86. The Bertz CT molecular complexity index is 823. The fourth-order valence-electron chi connectivity index (χ4n) is 4.12. The molecule has 3 rings (SSSR count). The van der Waals surface area contributed by atoms with Crippen LogP contribution >= 0.6 is 23.6 Å². The van der Waals surface area contributed by atoms with Crippen molar-refractivity contribution in [1.82, 2.24) is 5.32 Å². The van der Waals surface area contributed by atoms with Crippen LogP contribution in [0.1, 0.15) is 81.0 Å². The Morgan fingerprint density at radius 1 is 0.968 bits per heavy atom. The van der Waals surface area contributed by atoms with Crippen LogP contribution in [-0.4, -0.2) is 24.2 Å². The number of hydrogen-bond acceptors (Lipinski definition) is 4. The molecule has 6 heteroatoms. The number of carbonyl (C=O) groups is 1. The number of hydrogen-bond donors (Lipinski definition) is 2. The molecule has 0 atom stereocenters. The van der Waals surface area contributed by atoms with E-state index in [0.717, 1.165) is 28.3 Å². The van der Waals surface area contributed by atoms with Gasteiger partial charge >= 0.3 is 5.97 Å². The molecule has 1 aromatic heterocycles. The first-order valence-corrected chi connectivity index (χ1v) is 12.7. The van der Waals surface area contributed by atoms with Crippen molar-refractivity contribution in [2.45, 2.75) is 76.7 Å². The van der Waals surface area contributed by atoms with Crippen LogP contribution in [0.25, 0.3) is 10.4 Å². The van der Waals surface area contributed by atoms with Crippen molar-refractivity contribution in [3.05, 3.63) is 42.0 Å². The maximum atomic E-state index is 12.3. The van der Waals surface area contributed by atoms with Crippen LogP contribution in [0.3, 0.4) is 0 Å². The van der Waals surface area contributed by atoms with Gasteiger partial charge in [-0.25, -0.2) is 4.79 Å². The summed E-state index contributed by atoms with van der Waals surface area (Å²) >= 11 is 7.17. The Labute approximate surface area is 195 Å². The molecular weight excluding hydrogens is 424 g/mol. The molecule has 0 saturated heterocycles. The van der Waals surface area contributed by atoms with Crippen LogP contribution in [0, 0.1) is 0 Å². The lowest BCUT2D eigenvalue weighted by molar-refractivity contribution is 0.0602. The third kappa shape index (κ3) is 7.62. The van der Waals surface area contributed by atoms with Crippen LogP contribution in [0.5, 0.6) is 0 Å². The van der Waals surface area contributed by atoms with Gasteiger partial charge in [-0.1, -0.05) is 88.1 Å². The highest BCUT2D eigenvalue weighted by molar-refractivity contribution is 7.80. The minimum Gasteiger partial charge on any atom is -0.465 e. The zero-order valence-corrected chi connectivity index (χ0v) is 20.1. The SMILES string of the molecule is COC(=O)c1cc(-c2ccccc2)sc1NC(=S)NC1CCCCCCCCCCC1. The van der Waals surface area contributed by atoms with Crippen LogP contribution < -0.4 is 10.6 Å². The summed E-state index contributed by atoms with van der Waals surface area (Å²) in [4.78, 5) is 13.4. The second kappa shape index (κ2) is 12.8. The summed E-state index contributed by atoms with van der Waals surface area (Å²) in [5.41, 5.74) is 1.60. The van der Waals surface area contributed by atoms with Crippen molar-refractivity contribution in [2.75, 3.05) is 12.4 Å². The molecule has 2 aromatic rings. The summed E-state index contributed by atoms with van der Waals surface area (Å²) < 4.78 is 5.00. The van der Waals surface area contributed by atoms with Gasteiger partial charge in [0.2, 0.25) is 0 Å². The number of rotatable bonds is 4. The highest BCUT2D eigenvalue weighted by atomic mass is 32.1. The maximum absolute atomic E-state index is 12.3. The molecule has 0 aliphatic heterocycles. The lowest BCUT2D eigenvalue weighted by atomic mass is 9.98. The zero-order chi connectivity index (χ0) is 21.9. The number of thiophene rings is 1. The topological polar surface area (TPSA) is 50.4 Å². The number of thiocarbonyl (C=S) groups is 1. The lowest BCUT2D eigenvalue weighted by Gasteiger charge is -2.21. The number of nitrogens with one attached hydrogen (secondary N) is 2. The van der Waals surface area contributed by atoms with E-state index < -0.39 is 0 Å². The molecule has 0 radical (unpaired) electrons. The number of ether oxygens (including phenoxy) is 1. The first-order valence-electron chi connectivity index (χ1n) is 11.5. The van der Waals surface area contributed by atoms with Gasteiger partial charge in [-0.2, -0.15) is 0 Å². The average Bonchev–Trinajstić information content (AvgIpc) is 3.19. The smallest absolute Gasteiger partial charge is 0.340 e. The van der Waals surface area contributed by atoms with Gasteiger partial charge in [-0.15, -0.1) is 11.3 Å². The van der Waals surface area contributed by atoms with Gasteiger partial charge in [-0.3, -0.25) is 0 Å². The standard InChI is InChI=1S/C25H34N2O2S2/c1-29-24(28)21-18-22(19-14-10-9-11-15-19)31-23(21)27-25(30)26-20-16-12-7-5-3-2-4-6-8-13-17-20/h9-11,14-15,18,20H,2-8,12-13,16-17H2,1H3,(H2,26,27,30). The van der Waals surface area contributed by atoms with Crippen LogP contribution in [0.15, 0.2) is 36.4 Å². The Morgan fingerprint density at radius 2 is 1.55 bits per heavy atom. The van der Waals surface area contributed by atoms with Gasteiger partial charge in [-0.05, 0) is 36.7 Å². The van der Waals surface area contributed by atoms with E-state index in [1.165, 1.54) is 76.2 Å². The minimum atomic E-state index is -0.352. The van der Waals surface area contributed by atoms with E-state index in [1.807, 2.05) is 36.4 Å². The van der Waals surface area contributed by atoms with Crippen molar-refractivity contribution < 1.29 is 9.53 Å². The van der Waals surface area contributed by atoms with Gasteiger partial charge in [0, 0.05) is 10.9 Å². The predicted octanol–water partition coefficient (Wildman–Crippen LogP) is 7.16. The van der Waals surface area contributed by atoms with Crippen LogP contribution in [0.2, 0.25) is 0 Å². The zero-order valence-electron chi connectivity index (χ0n) is 18.5. The second-order valence-electron chi connectivity index (χ2n) is 8.27. The first-order chi connectivity index (χ1) is 15.2. The number of benzene rings is 1. The van der Waals surface area contributed by atoms with E-state index >= 15 is 0 Å². The number of methoxy groups -OCH3 is 1. The average molecular weight is 459 g/mol. The molecular formula is C25H34N2O2S2. The molecule has 1 saturated carbocycles. The van der Waals surface area contributed by atoms with E-state index in [2.05, 4.69) is 10.6 Å². The lowest BCUT2D eigenvalue weighted by Crippen LogP contribution is -2.38. The summed E-state index contributed by atoms with van der Waals surface area (Å²) in [6.07, 6.45) is 14.2. The quantitative estimate of drug-likeness (QED) is 0.376. The van der Waals surface area contributed by atoms with Crippen molar-refractivity contribution in [3.8, 4) is 10.4 Å². The molecule has 1 heterocycles. The molecule has 0 amide bonds. The third-order valence-corrected chi connectivity index (χ3v) is 7.18. The highest BCUT2D eigenvalue weighted by Gasteiger charge is 2.19. The Balaban J connectivity index is 1.66. The van der Waals surface area contributed by atoms with Gasteiger partial charge in [0.1, 0.15) is 5.00 Å². The summed E-state index contributed by atoms with van der Waals surface area (Å²) in [6.45, 7) is 0. The van der Waals surface area contributed by atoms with Crippen LogP contribution in [0.4, 0.5) is 5.00 Å². The van der Waals surface area contributed by atoms with E-state index in [0.29, 0.717) is 16.7 Å². The number of anilines is 1. The van der Waals surface area contributed by atoms with Gasteiger partial charge in [0.15, 0.2) is 5.11 Å². The number of esters is 1. The number of carbonyl (C=O) groups excluding carboxylic acids is 1. The highest BCUT2D eigenvalue weighted by Crippen LogP contribution is 2.36. The first kappa shape index (κ1) is 23.7. The maximum Gasteiger partial charge on any atom is 0.340 e. The largest absolute Gasteiger partial charge is 0.465 e. The van der Waals surface area contributed by atoms with E-state index in [1.54, 1.807) is 0 Å². The molecule has 0 bridgehead atoms. The van der Waals surface area contributed by atoms with Gasteiger partial charge in [0.05, 0.1) is 12.7 Å². The van der Waals surface area contributed by atoms with E-state index in [9.17, 15) is 4.79 Å². The molecule has 4 nitrogen and oxygen atoms in total. The van der Waals surface area contributed by atoms with Gasteiger partial charge < -0.3 is 15.4 Å². The molecule has 1 fully saturated rings. The Kier molecular flexibility index (Phi) is 9.82. The summed E-state index contributed by atoms with van der Waals surface area (Å²) in [5.74, 6) is -0.352. The fraction of sp³-hybridized carbons (Fsp3) is 0.520. The molecule has 2 N–H and O–H groups in total. The summed E-state index contributed by atoms with van der Waals surface area (Å²) in [7, 11) is 1.41. The van der Waals surface area contributed by atoms with E-state index in [4.69, 9.17) is 17.0 Å². The monoisotopic (exact) mass is 458 g/mol. The summed E-state index contributed by atoms with van der Waals surface area (Å²) in [6, 6.07) is 12.3. The molecule has 31 heavy (non-hydrogen) atoms. The van der Waals surface area contributed by atoms with E-state index in [-0.39, 0.29) is 5.97 Å². The van der Waals surface area contributed by atoms with Crippen molar-refractivity contribution in [1.29, 1.82) is 0 Å². The van der Waals surface area contributed by atoms with Crippen molar-refractivity contribution >= 4 is 39.6 Å². The minimum absolute atomic E-state index is 0.352. The van der Waals surface area contributed by atoms with Crippen LogP contribution in [-0.2, 0) is 4.74 Å². The molecule has 168 valence electrons. The summed E-state index contributed by atoms with van der Waals surface area (Å²) in [5, 5.41) is 8.13. The molecule has 0 spiro atoms.